The molecule has 25 heavy (non-hydrogen) atoms. The topological polar surface area (TPSA) is 59.2 Å². The SMILES string of the molecule is Cc1noc(C2CCCN(C(=O)c3sc4ccc(F)cc4c3C)C2)n1. The Morgan fingerprint density at radius 1 is 1.40 bits per heavy atom. The van der Waals surface area contributed by atoms with Gasteiger partial charge in [0.25, 0.3) is 5.91 Å². The molecule has 1 aliphatic rings. The molecule has 7 heteroatoms. The second-order valence-corrected chi connectivity index (χ2v) is 7.52. The Morgan fingerprint density at radius 3 is 3.00 bits per heavy atom. The maximum atomic E-state index is 13.5. The van der Waals surface area contributed by atoms with Gasteiger partial charge in [0.05, 0.1) is 10.8 Å². The lowest BCUT2D eigenvalue weighted by molar-refractivity contribution is 0.0700. The number of carbonyl (C=O) groups excluding carboxylic acids is 1. The van der Waals surface area contributed by atoms with Gasteiger partial charge in [-0.1, -0.05) is 5.16 Å². The molecular formula is C18H18FN3O2S. The molecular weight excluding hydrogens is 341 g/mol. The molecule has 3 aromatic rings. The number of amides is 1. The van der Waals surface area contributed by atoms with Crippen LogP contribution in [0, 0.1) is 19.7 Å². The highest BCUT2D eigenvalue weighted by atomic mass is 32.1. The van der Waals surface area contributed by atoms with Crippen molar-refractivity contribution in [2.75, 3.05) is 13.1 Å². The summed E-state index contributed by atoms with van der Waals surface area (Å²) in [6, 6.07) is 4.67. The summed E-state index contributed by atoms with van der Waals surface area (Å²) < 4.78 is 19.7. The van der Waals surface area contributed by atoms with E-state index in [1.807, 2.05) is 11.8 Å². The number of hydrogen-bond acceptors (Lipinski definition) is 5. The van der Waals surface area contributed by atoms with Crippen LogP contribution >= 0.6 is 11.3 Å². The minimum atomic E-state index is -0.280. The molecule has 2 aromatic heterocycles. The molecule has 4 rings (SSSR count). The molecule has 1 aliphatic heterocycles. The lowest BCUT2D eigenvalue weighted by atomic mass is 9.97. The van der Waals surface area contributed by atoms with E-state index >= 15 is 0 Å². The molecule has 3 heterocycles. The third kappa shape index (κ3) is 2.93. The highest BCUT2D eigenvalue weighted by Gasteiger charge is 2.30. The van der Waals surface area contributed by atoms with Crippen LogP contribution in [0.4, 0.5) is 4.39 Å². The largest absolute Gasteiger partial charge is 0.339 e. The van der Waals surface area contributed by atoms with E-state index in [0.29, 0.717) is 29.7 Å². The van der Waals surface area contributed by atoms with Crippen LogP contribution < -0.4 is 0 Å². The summed E-state index contributed by atoms with van der Waals surface area (Å²) in [5, 5.41) is 4.66. The Labute approximate surface area is 148 Å². The normalized spacial score (nSPS) is 18.0. The maximum Gasteiger partial charge on any atom is 0.264 e. The Balaban J connectivity index is 1.61. The first-order valence-electron chi connectivity index (χ1n) is 8.31. The van der Waals surface area contributed by atoms with Crippen molar-refractivity contribution in [3.8, 4) is 0 Å². The highest BCUT2D eigenvalue weighted by Crippen LogP contribution is 2.34. The lowest BCUT2D eigenvalue weighted by Gasteiger charge is -2.30. The van der Waals surface area contributed by atoms with Gasteiger partial charge in [0.1, 0.15) is 5.82 Å². The average molecular weight is 359 g/mol. The highest BCUT2D eigenvalue weighted by molar-refractivity contribution is 7.21. The van der Waals surface area contributed by atoms with Crippen LogP contribution in [0.1, 0.15) is 45.7 Å². The van der Waals surface area contributed by atoms with E-state index in [0.717, 1.165) is 28.5 Å². The first kappa shape index (κ1) is 16.2. The Morgan fingerprint density at radius 2 is 2.24 bits per heavy atom. The number of halogens is 1. The van der Waals surface area contributed by atoms with E-state index in [2.05, 4.69) is 10.1 Å². The van der Waals surface area contributed by atoms with Gasteiger partial charge in [0, 0.05) is 17.8 Å². The van der Waals surface area contributed by atoms with Crippen molar-refractivity contribution >= 4 is 27.3 Å². The fraction of sp³-hybridized carbons (Fsp3) is 0.389. The Kier molecular flexibility index (Phi) is 4.03. The van der Waals surface area contributed by atoms with Gasteiger partial charge < -0.3 is 9.42 Å². The van der Waals surface area contributed by atoms with E-state index in [1.54, 1.807) is 13.0 Å². The predicted molar refractivity (Wildman–Crippen MR) is 93.4 cm³/mol. The summed E-state index contributed by atoms with van der Waals surface area (Å²) in [6.45, 7) is 4.96. The standard InChI is InChI=1S/C18H18FN3O2S/c1-10-14-8-13(19)5-6-15(14)25-16(10)18(23)22-7-3-4-12(9-22)17-20-11(2)21-24-17/h5-6,8,12H,3-4,7,9H2,1-2H3. The number of nitrogens with zero attached hydrogens (tertiary/aromatic N) is 3. The van der Waals surface area contributed by atoms with Gasteiger partial charge in [0.15, 0.2) is 5.82 Å². The van der Waals surface area contributed by atoms with Gasteiger partial charge in [-0.05, 0) is 55.8 Å². The van der Waals surface area contributed by atoms with Crippen LogP contribution in [0.2, 0.25) is 0 Å². The minimum Gasteiger partial charge on any atom is -0.339 e. The van der Waals surface area contributed by atoms with Crippen molar-refractivity contribution in [3.05, 3.63) is 46.2 Å². The third-order valence-electron chi connectivity index (χ3n) is 4.69. The number of benzene rings is 1. The zero-order valence-electron chi connectivity index (χ0n) is 14.1. The number of piperidine rings is 1. The molecule has 1 amide bonds. The summed E-state index contributed by atoms with van der Waals surface area (Å²) in [7, 11) is 0. The van der Waals surface area contributed by atoms with Crippen molar-refractivity contribution in [1.82, 2.24) is 15.0 Å². The number of thiophene rings is 1. The minimum absolute atomic E-state index is 0.0000420. The Hall–Kier alpha value is -2.28. The quantitative estimate of drug-likeness (QED) is 0.692. The van der Waals surface area contributed by atoms with E-state index in [-0.39, 0.29) is 17.6 Å². The van der Waals surface area contributed by atoms with Crippen LogP contribution in [-0.4, -0.2) is 34.0 Å². The number of likely N-dealkylation sites (tertiary alicyclic amines) is 1. The molecule has 0 radical (unpaired) electrons. The van der Waals surface area contributed by atoms with Gasteiger partial charge >= 0.3 is 0 Å². The second-order valence-electron chi connectivity index (χ2n) is 6.47. The van der Waals surface area contributed by atoms with Gasteiger partial charge in [-0.15, -0.1) is 11.3 Å². The van der Waals surface area contributed by atoms with Crippen LogP contribution in [0.25, 0.3) is 10.1 Å². The van der Waals surface area contributed by atoms with Gasteiger partial charge in [-0.3, -0.25) is 4.79 Å². The molecule has 0 N–H and O–H groups in total. The molecule has 1 saturated heterocycles. The second kappa shape index (κ2) is 6.22. The molecule has 0 aliphatic carbocycles. The van der Waals surface area contributed by atoms with Gasteiger partial charge in [0.2, 0.25) is 5.89 Å². The van der Waals surface area contributed by atoms with Crippen molar-refractivity contribution < 1.29 is 13.7 Å². The van der Waals surface area contributed by atoms with Crippen molar-refractivity contribution in [2.45, 2.75) is 32.6 Å². The van der Waals surface area contributed by atoms with Gasteiger partial charge in [-0.25, -0.2) is 4.39 Å². The van der Waals surface area contributed by atoms with Crippen molar-refractivity contribution in [2.24, 2.45) is 0 Å². The third-order valence-corrected chi connectivity index (χ3v) is 5.95. The lowest BCUT2D eigenvalue weighted by Crippen LogP contribution is -2.39. The summed E-state index contributed by atoms with van der Waals surface area (Å²) in [6.07, 6.45) is 1.83. The van der Waals surface area contributed by atoms with Crippen LogP contribution in [0.5, 0.6) is 0 Å². The van der Waals surface area contributed by atoms with E-state index in [1.165, 1.54) is 23.5 Å². The Bertz CT molecular complexity index is 949. The predicted octanol–water partition coefficient (Wildman–Crippen LogP) is 4.06. The average Bonchev–Trinajstić information content (AvgIpc) is 3.19. The van der Waals surface area contributed by atoms with Crippen LogP contribution in [-0.2, 0) is 0 Å². The molecule has 1 aromatic carbocycles. The zero-order chi connectivity index (χ0) is 17.6. The zero-order valence-corrected chi connectivity index (χ0v) is 14.9. The van der Waals surface area contributed by atoms with Crippen LogP contribution in [0.15, 0.2) is 22.7 Å². The molecule has 5 nitrogen and oxygen atoms in total. The maximum absolute atomic E-state index is 13.5. The number of aryl methyl sites for hydroxylation is 2. The first-order valence-corrected chi connectivity index (χ1v) is 9.12. The smallest absolute Gasteiger partial charge is 0.264 e. The van der Waals surface area contributed by atoms with Crippen molar-refractivity contribution in [3.63, 3.8) is 0 Å². The summed E-state index contributed by atoms with van der Waals surface area (Å²) in [5.41, 5.74) is 0.847. The van der Waals surface area contributed by atoms with E-state index in [4.69, 9.17) is 4.52 Å². The van der Waals surface area contributed by atoms with E-state index in [9.17, 15) is 9.18 Å². The monoisotopic (exact) mass is 359 g/mol. The fourth-order valence-electron chi connectivity index (χ4n) is 3.38. The number of aromatic nitrogens is 2. The molecule has 0 saturated carbocycles. The molecule has 0 spiro atoms. The summed E-state index contributed by atoms with van der Waals surface area (Å²) >= 11 is 1.43. The molecule has 1 fully saturated rings. The molecule has 0 bridgehead atoms. The summed E-state index contributed by atoms with van der Waals surface area (Å²) in [4.78, 5) is 19.9. The number of rotatable bonds is 2. The number of carbonyl (C=O) groups is 1. The molecule has 1 unspecified atom stereocenters. The number of fused-ring (bicyclic) bond motifs is 1. The first-order chi connectivity index (χ1) is 12.0. The fourth-order valence-corrected chi connectivity index (χ4v) is 4.54. The van der Waals surface area contributed by atoms with E-state index < -0.39 is 0 Å². The van der Waals surface area contributed by atoms with Gasteiger partial charge in [-0.2, -0.15) is 4.98 Å². The van der Waals surface area contributed by atoms with Crippen LogP contribution in [0.3, 0.4) is 0 Å². The van der Waals surface area contributed by atoms with Crippen molar-refractivity contribution in [1.29, 1.82) is 0 Å². The number of hydrogen-bond donors (Lipinski definition) is 0. The molecule has 1 atom stereocenters. The summed E-state index contributed by atoms with van der Waals surface area (Å²) in [5.74, 6) is 1.01. The molecule has 130 valence electrons.